The molecule has 0 aliphatic carbocycles. The van der Waals surface area contributed by atoms with E-state index in [2.05, 4.69) is 20.8 Å². The standard InChI is InChI=1S/C19H20ClN5O3/c1-11-4-5-12-9-13(16(20)22-14(12)8-11)10-21-24-15(26)6-7-25-17(27)19(2,3)23-18(25)28/h4-5,8-10H,6-7H2,1-3H3,(H,23,28)(H,24,26)/b21-10-. The van der Waals surface area contributed by atoms with Crippen LogP contribution in [0.15, 0.2) is 29.4 Å². The minimum absolute atomic E-state index is 0.0207. The summed E-state index contributed by atoms with van der Waals surface area (Å²) in [4.78, 5) is 41.2. The number of hydrazone groups is 1. The van der Waals surface area contributed by atoms with Crippen LogP contribution in [0.1, 0.15) is 31.4 Å². The maximum atomic E-state index is 12.1. The van der Waals surface area contributed by atoms with Gasteiger partial charge in [-0.2, -0.15) is 5.10 Å². The second kappa shape index (κ2) is 7.55. The summed E-state index contributed by atoms with van der Waals surface area (Å²) in [6, 6.07) is 7.16. The Hall–Kier alpha value is -3.00. The van der Waals surface area contributed by atoms with Gasteiger partial charge < -0.3 is 5.32 Å². The fourth-order valence-corrected chi connectivity index (χ4v) is 3.02. The normalized spacial score (nSPS) is 16.1. The molecule has 1 aromatic carbocycles. The summed E-state index contributed by atoms with van der Waals surface area (Å²) in [6.45, 7) is 5.17. The van der Waals surface area contributed by atoms with Crippen molar-refractivity contribution in [1.29, 1.82) is 0 Å². The van der Waals surface area contributed by atoms with Crippen LogP contribution in [0, 0.1) is 6.92 Å². The second-order valence-corrected chi connectivity index (χ2v) is 7.48. The van der Waals surface area contributed by atoms with Crippen molar-refractivity contribution in [2.45, 2.75) is 32.7 Å². The molecule has 4 amide bonds. The van der Waals surface area contributed by atoms with Crippen LogP contribution in [-0.4, -0.2) is 46.0 Å². The van der Waals surface area contributed by atoms with Crippen molar-refractivity contribution in [2.24, 2.45) is 5.10 Å². The van der Waals surface area contributed by atoms with Gasteiger partial charge in [-0.25, -0.2) is 15.2 Å². The summed E-state index contributed by atoms with van der Waals surface area (Å²) in [5.74, 6) is -0.792. The molecule has 28 heavy (non-hydrogen) atoms. The number of benzene rings is 1. The first-order chi connectivity index (χ1) is 13.2. The number of pyridine rings is 1. The van der Waals surface area contributed by atoms with Gasteiger partial charge in [0.2, 0.25) is 5.91 Å². The predicted octanol–water partition coefficient (Wildman–Crippen LogP) is 2.37. The van der Waals surface area contributed by atoms with E-state index in [1.54, 1.807) is 13.8 Å². The number of fused-ring (bicyclic) bond motifs is 1. The molecule has 9 heteroatoms. The summed E-state index contributed by atoms with van der Waals surface area (Å²) in [6.07, 6.45) is 1.35. The van der Waals surface area contributed by atoms with E-state index < -0.39 is 17.5 Å². The molecule has 2 aromatic rings. The zero-order chi connectivity index (χ0) is 20.5. The third kappa shape index (κ3) is 4.12. The molecule has 3 rings (SSSR count). The highest BCUT2D eigenvalue weighted by Crippen LogP contribution is 2.20. The van der Waals surface area contributed by atoms with E-state index in [4.69, 9.17) is 11.6 Å². The maximum absolute atomic E-state index is 12.1. The quantitative estimate of drug-likeness (QED) is 0.347. The Morgan fingerprint density at radius 2 is 2.11 bits per heavy atom. The monoisotopic (exact) mass is 401 g/mol. The van der Waals surface area contributed by atoms with E-state index in [0.717, 1.165) is 21.4 Å². The minimum Gasteiger partial charge on any atom is -0.324 e. The highest BCUT2D eigenvalue weighted by atomic mass is 35.5. The average molecular weight is 402 g/mol. The number of imide groups is 1. The number of nitrogens with one attached hydrogen (secondary N) is 2. The lowest BCUT2D eigenvalue weighted by Gasteiger charge is -2.15. The van der Waals surface area contributed by atoms with E-state index in [0.29, 0.717) is 5.56 Å². The van der Waals surface area contributed by atoms with Crippen molar-refractivity contribution in [3.63, 3.8) is 0 Å². The van der Waals surface area contributed by atoms with Crippen molar-refractivity contribution in [3.05, 3.63) is 40.5 Å². The smallest absolute Gasteiger partial charge is 0.324 e. The lowest BCUT2D eigenvalue weighted by atomic mass is 10.1. The number of rotatable bonds is 5. The van der Waals surface area contributed by atoms with Gasteiger partial charge >= 0.3 is 6.03 Å². The molecule has 2 N–H and O–H groups in total. The van der Waals surface area contributed by atoms with E-state index >= 15 is 0 Å². The number of hydrogen-bond acceptors (Lipinski definition) is 5. The van der Waals surface area contributed by atoms with Gasteiger partial charge in [-0.05, 0) is 38.5 Å². The van der Waals surface area contributed by atoms with Gasteiger partial charge in [0.15, 0.2) is 0 Å². The van der Waals surface area contributed by atoms with Gasteiger partial charge in [0.25, 0.3) is 5.91 Å². The highest BCUT2D eigenvalue weighted by Gasteiger charge is 2.43. The van der Waals surface area contributed by atoms with Crippen LogP contribution < -0.4 is 10.7 Å². The number of carbonyl (C=O) groups excluding carboxylic acids is 3. The van der Waals surface area contributed by atoms with Crippen LogP contribution >= 0.6 is 11.6 Å². The van der Waals surface area contributed by atoms with E-state index in [9.17, 15) is 14.4 Å². The molecular weight excluding hydrogens is 382 g/mol. The summed E-state index contributed by atoms with van der Waals surface area (Å²) in [7, 11) is 0. The molecule has 1 aliphatic rings. The van der Waals surface area contributed by atoms with Crippen molar-refractivity contribution in [3.8, 4) is 0 Å². The van der Waals surface area contributed by atoms with Gasteiger partial charge in [0, 0.05) is 23.9 Å². The fourth-order valence-electron chi connectivity index (χ4n) is 2.82. The summed E-state index contributed by atoms with van der Waals surface area (Å²) in [5, 5.41) is 7.63. The van der Waals surface area contributed by atoms with Crippen molar-refractivity contribution >= 4 is 46.6 Å². The summed E-state index contributed by atoms with van der Waals surface area (Å²) in [5.41, 5.74) is 3.84. The van der Waals surface area contributed by atoms with Gasteiger partial charge in [0.1, 0.15) is 10.7 Å². The Kier molecular flexibility index (Phi) is 5.33. The van der Waals surface area contributed by atoms with E-state index in [-0.39, 0.29) is 24.0 Å². The zero-order valence-electron chi connectivity index (χ0n) is 15.7. The Labute approximate surface area is 166 Å². The number of aromatic nitrogens is 1. The lowest BCUT2D eigenvalue weighted by Crippen LogP contribution is -2.40. The predicted molar refractivity (Wildman–Crippen MR) is 106 cm³/mol. The SMILES string of the molecule is Cc1ccc2cc(/C=N\NC(=O)CCN3C(=O)NC(C)(C)C3=O)c(Cl)nc2c1. The molecule has 0 bridgehead atoms. The topological polar surface area (TPSA) is 104 Å². The largest absolute Gasteiger partial charge is 0.325 e. The minimum atomic E-state index is -0.954. The number of halogens is 1. The molecule has 1 fully saturated rings. The van der Waals surface area contributed by atoms with Crippen LogP contribution in [-0.2, 0) is 9.59 Å². The average Bonchev–Trinajstić information content (AvgIpc) is 2.81. The van der Waals surface area contributed by atoms with Crippen LogP contribution in [0.3, 0.4) is 0 Å². The molecule has 146 valence electrons. The van der Waals surface area contributed by atoms with Crippen LogP contribution in [0.4, 0.5) is 4.79 Å². The fraction of sp³-hybridized carbons (Fsp3) is 0.316. The molecule has 0 saturated carbocycles. The second-order valence-electron chi connectivity index (χ2n) is 7.12. The number of urea groups is 1. The third-order valence-electron chi connectivity index (χ3n) is 4.35. The molecule has 0 spiro atoms. The lowest BCUT2D eigenvalue weighted by molar-refractivity contribution is -0.130. The van der Waals surface area contributed by atoms with Gasteiger partial charge in [-0.1, -0.05) is 23.7 Å². The molecule has 0 atom stereocenters. The van der Waals surface area contributed by atoms with Crippen LogP contribution in [0.5, 0.6) is 0 Å². The van der Waals surface area contributed by atoms with Crippen LogP contribution in [0.2, 0.25) is 5.15 Å². The van der Waals surface area contributed by atoms with Gasteiger partial charge in [-0.15, -0.1) is 0 Å². The number of amides is 4. The maximum Gasteiger partial charge on any atom is 0.325 e. The number of aryl methyl sites for hydroxylation is 1. The summed E-state index contributed by atoms with van der Waals surface area (Å²) < 4.78 is 0. The molecule has 8 nitrogen and oxygen atoms in total. The molecule has 1 saturated heterocycles. The molecule has 2 heterocycles. The molecule has 1 aliphatic heterocycles. The Balaban J connectivity index is 1.59. The Morgan fingerprint density at radius 3 is 2.79 bits per heavy atom. The zero-order valence-corrected chi connectivity index (χ0v) is 16.5. The van der Waals surface area contributed by atoms with Crippen molar-refractivity contribution < 1.29 is 14.4 Å². The highest BCUT2D eigenvalue weighted by molar-refractivity contribution is 6.32. The van der Waals surface area contributed by atoms with Crippen molar-refractivity contribution in [2.75, 3.05) is 6.54 Å². The van der Waals surface area contributed by atoms with Crippen LogP contribution in [0.25, 0.3) is 10.9 Å². The number of carbonyl (C=O) groups is 3. The number of nitrogens with zero attached hydrogens (tertiary/aromatic N) is 3. The molecule has 1 aromatic heterocycles. The number of hydrogen-bond donors (Lipinski definition) is 2. The third-order valence-corrected chi connectivity index (χ3v) is 4.66. The first-order valence-electron chi connectivity index (χ1n) is 8.70. The summed E-state index contributed by atoms with van der Waals surface area (Å²) >= 11 is 6.17. The molecule has 0 radical (unpaired) electrons. The molecule has 0 unspecified atom stereocenters. The Morgan fingerprint density at radius 1 is 1.36 bits per heavy atom. The molecular formula is C19H20ClN5O3. The van der Waals surface area contributed by atoms with Crippen molar-refractivity contribution in [1.82, 2.24) is 20.6 Å². The first kappa shape index (κ1) is 19.8. The van der Waals surface area contributed by atoms with Gasteiger partial charge in [0.05, 0.1) is 11.7 Å². The first-order valence-corrected chi connectivity index (χ1v) is 9.08. The van der Waals surface area contributed by atoms with E-state index in [1.165, 1.54) is 6.21 Å². The van der Waals surface area contributed by atoms with Gasteiger partial charge in [-0.3, -0.25) is 14.5 Å². The Bertz CT molecular complexity index is 1000. The van der Waals surface area contributed by atoms with E-state index in [1.807, 2.05) is 31.2 Å².